The van der Waals surface area contributed by atoms with E-state index < -0.39 is 0 Å². The molecule has 0 spiro atoms. The first-order valence-corrected chi connectivity index (χ1v) is 7.26. The van der Waals surface area contributed by atoms with E-state index in [0.717, 1.165) is 22.3 Å². The van der Waals surface area contributed by atoms with Crippen molar-refractivity contribution < 1.29 is 4.79 Å². The van der Waals surface area contributed by atoms with Crippen molar-refractivity contribution in [1.29, 1.82) is 0 Å². The Morgan fingerprint density at radius 3 is 2.67 bits per heavy atom. The minimum absolute atomic E-state index is 0.00237. The molecule has 0 unspecified atom stereocenters. The standard InChI is InChI=1S/C17H23N3O/c1-12-8-9-13-6-5-7-14(16(13)19-12)20-15(21)10-11-18-17(2,3)4/h5-9,18H,10-11H2,1-4H3,(H,20,21). The molecular formula is C17H23N3O. The highest BCUT2D eigenvalue weighted by Gasteiger charge is 2.11. The molecule has 0 radical (unpaired) electrons. The molecule has 0 fully saturated rings. The summed E-state index contributed by atoms with van der Waals surface area (Å²) < 4.78 is 0. The number of carbonyl (C=O) groups excluding carboxylic acids is 1. The highest BCUT2D eigenvalue weighted by molar-refractivity contribution is 6.00. The first-order valence-electron chi connectivity index (χ1n) is 7.26. The fourth-order valence-corrected chi connectivity index (χ4v) is 2.11. The second-order valence-electron chi connectivity index (χ2n) is 6.30. The quantitative estimate of drug-likeness (QED) is 0.906. The predicted octanol–water partition coefficient (Wildman–Crippen LogP) is 3.26. The molecule has 2 aromatic rings. The van der Waals surface area contributed by atoms with Gasteiger partial charge in [-0.2, -0.15) is 0 Å². The number of carbonyl (C=O) groups is 1. The molecule has 1 aromatic carbocycles. The summed E-state index contributed by atoms with van der Waals surface area (Å²) in [6, 6.07) is 9.82. The minimum atomic E-state index is 0.00237. The fraction of sp³-hybridized carbons (Fsp3) is 0.412. The molecule has 4 heteroatoms. The molecule has 2 N–H and O–H groups in total. The van der Waals surface area contributed by atoms with Gasteiger partial charge in [-0.3, -0.25) is 9.78 Å². The van der Waals surface area contributed by atoms with Crippen molar-refractivity contribution in [3.63, 3.8) is 0 Å². The third-order valence-corrected chi connectivity index (χ3v) is 3.14. The van der Waals surface area contributed by atoms with Gasteiger partial charge < -0.3 is 10.6 Å². The molecule has 0 aliphatic carbocycles. The van der Waals surface area contributed by atoms with Gasteiger partial charge in [-0.05, 0) is 39.8 Å². The number of para-hydroxylation sites is 1. The lowest BCUT2D eigenvalue weighted by Gasteiger charge is -2.20. The third-order valence-electron chi connectivity index (χ3n) is 3.14. The number of hydrogen-bond donors (Lipinski definition) is 2. The Bertz CT molecular complexity index is 644. The smallest absolute Gasteiger partial charge is 0.225 e. The first-order chi connectivity index (χ1) is 9.85. The van der Waals surface area contributed by atoms with Crippen LogP contribution in [0.4, 0.5) is 5.69 Å². The van der Waals surface area contributed by atoms with Crippen LogP contribution in [0.1, 0.15) is 32.9 Å². The highest BCUT2D eigenvalue weighted by Crippen LogP contribution is 2.21. The lowest BCUT2D eigenvalue weighted by Crippen LogP contribution is -2.37. The maximum atomic E-state index is 12.0. The van der Waals surface area contributed by atoms with Crippen LogP contribution >= 0.6 is 0 Å². The molecule has 1 heterocycles. The predicted molar refractivity (Wildman–Crippen MR) is 87.5 cm³/mol. The molecule has 1 aromatic heterocycles. The van der Waals surface area contributed by atoms with Gasteiger partial charge in [-0.25, -0.2) is 0 Å². The van der Waals surface area contributed by atoms with E-state index >= 15 is 0 Å². The molecular weight excluding hydrogens is 262 g/mol. The Balaban J connectivity index is 2.06. The van der Waals surface area contributed by atoms with Gasteiger partial charge in [0.15, 0.2) is 0 Å². The Labute approximate surface area is 126 Å². The Morgan fingerprint density at radius 1 is 1.19 bits per heavy atom. The number of nitrogens with zero attached hydrogens (tertiary/aromatic N) is 1. The maximum absolute atomic E-state index is 12.0. The Kier molecular flexibility index (Phi) is 4.58. The topological polar surface area (TPSA) is 54.0 Å². The van der Waals surface area contributed by atoms with Gasteiger partial charge in [0.05, 0.1) is 11.2 Å². The molecule has 21 heavy (non-hydrogen) atoms. The van der Waals surface area contributed by atoms with Crippen LogP contribution in [-0.4, -0.2) is 23.0 Å². The zero-order valence-corrected chi connectivity index (χ0v) is 13.2. The average Bonchev–Trinajstić information content (AvgIpc) is 2.38. The number of rotatable bonds is 4. The van der Waals surface area contributed by atoms with Crippen molar-refractivity contribution in [2.24, 2.45) is 0 Å². The molecule has 0 atom stereocenters. The molecule has 2 rings (SSSR count). The Hall–Kier alpha value is -1.94. The number of aromatic nitrogens is 1. The summed E-state index contributed by atoms with van der Waals surface area (Å²) in [5.41, 5.74) is 2.59. The van der Waals surface area contributed by atoms with Crippen molar-refractivity contribution in [3.05, 3.63) is 36.0 Å². The number of benzene rings is 1. The maximum Gasteiger partial charge on any atom is 0.225 e. The number of hydrogen-bond acceptors (Lipinski definition) is 3. The van der Waals surface area contributed by atoms with Gasteiger partial charge in [-0.15, -0.1) is 0 Å². The van der Waals surface area contributed by atoms with E-state index in [4.69, 9.17) is 0 Å². The zero-order valence-electron chi connectivity index (χ0n) is 13.2. The number of fused-ring (bicyclic) bond motifs is 1. The van der Waals surface area contributed by atoms with E-state index in [-0.39, 0.29) is 11.4 Å². The third kappa shape index (κ3) is 4.53. The SMILES string of the molecule is Cc1ccc2cccc(NC(=O)CCNC(C)(C)C)c2n1. The van der Waals surface area contributed by atoms with Crippen LogP contribution in [-0.2, 0) is 4.79 Å². The van der Waals surface area contributed by atoms with Crippen molar-refractivity contribution in [2.45, 2.75) is 39.7 Å². The van der Waals surface area contributed by atoms with Crippen LogP contribution < -0.4 is 10.6 Å². The lowest BCUT2D eigenvalue weighted by molar-refractivity contribution is -0.116. The number of aryl methyl sites for hydroxylation is 1. The van der Waals surface area contributed by atoms with E-state index in [2.05, 4.69) is 36.4 Å². The van der Waals surface area contributed by atoms with Crippen molar-refractivity contribution in [1.82, 2.24) is 10.3 Å². The van der Waals surface area contributed by atoms with E-state index in [1.807, 2.05) is 37.3 Å². The van der Waals surface area contributed by atoms with Crippen LogP contribution in [0.15, 0.2) is 30.3 Å². The summed E-state index contributed by atoms with van der Waals surface area (Å²) in [6.45, 7) is 8.87. The average molecular weight is 285 g/mol. The second-order valence-corrected chi connectivity index (χ2v) is 6.30. The van der Waals surface area contributed by atoms with Crippen molar-refractivity contribution in [2.75, 3.05) is 11.9 Å². The monoisotopic (exact) mass is 285 g/mol. The first kappa shape index (κ1) is 15.4. The minimum Gasteiger partial charge on any atom is -0.324 e. The van der Waals surface area contributed by atoms with Crippen LogP contribution in [0.25, 0.3) is 10.9 Å². The van der Waals surface area contributed by atoms with Gasteiger partial charge in [0.1, 0.15) is 0 Å². The molecule has 4 nitrogen and oxygen atoms in total. The van der Waals surface area contributed by atoms with Gasteiger partial charge in [-0.1, -0.05) is 18.2 Å². The van der Waals surface area contributed by atoms with Crippen LogP contribution in [0, 0.1) is 6.92 Å². The molecule has 1 amide bonds. The lowest BCUT2D eigenvalue weighted by atomic mass is 10.1. The molecule has 0 saturated carbocycles. The summed E-state index contributed by atoms with van der Waals surface area (Å²) in [7, 11) is 0. The van der Waals surface area contributed by atoms with Gasteiger partial charge >= 0.3 is 0 Å². The van der Waals surface area contributed by atoms with E-state index in [0.29, 0.717) is 13.0 Å². The van der Waals surface area contributed by atoms with Crippen molar-refractivity contribution >= 4 is 22.5 Å². The van der Waals surface area contributed by atoms with Gasteiger partial charge in [0, 0.05) is 29.6 Å². The molecule has 0 aliphatic rings. The van der Waals surface area contributed by atoms with E-state index in [1.54, 1.807) is 0 Å². The number of nitrogens with one attached hydrogen (secondary N) is 2. The summed E-state index contributed by atoms with van der Waals surface area (Å²) in [4.78, 5) is 16.6. The molecule has 0 aliphatic heterocycles. The molecule has 112 valence electrons. The fourth-order valence-electron chi connectivity index (χ4n) is 2.11. The van der Waals surface area contributed by atoms with Crippen molar-refractivity contribution in [3.8, 4) is 0 Å². The van der Waals surface area contributed by atoms with Crippen LogP contribution in [0.5, 0.6) is 0 Å². The second kappa shape index (κ2) is 6.22. The number of amides is 1. The van der Waals surface area contributed by atoms with Gasteiger partial charge in [0.2, 0.25) is 5.91 Å². The summed E-state index contributed by atoms with van der Waals surface area (Å²) in [5, 5.41) is 7.30. The normalized spacial score (nSPS) is 11.6. The van der Waals surface area contributed by atoms with E-state index in [9.17, 15) is 4.79 Å². The highest BCUT2D eigenvalue weighted by atomic mass is 16.1. The summed E-state index contributed by atoms with van der Waals surface area (Å²) in [6.07, 6.45) is 0.444. The summed E-state index contributed by atoms with van der Waals surface area (Å²) >= 11 is 0. The summed E-state index contributed by atoms with van der Waals surface area (Å²) in [5.74, 6) is 0.00237. The zero-order chi connectivity index (χ0) is 15.5. The molecule has 0 bridgehead atoms. The largest absolute Gasteiger partial charge is 0.324 e. The number of anilines is 1. The van der Waals surface area contributed by atoms with Crippen LogP contribution in [0.3, 0.4) is 0 Å². The van der Waals surface area contributed by atoms with Crippen LogP contribution in [0.2, 0.25) is 0 Å². The molecule has 0 saturated heterocycles. The number of pyridine rings is 1. The van der Waals surface area contributed by atoms with Gasteiger partial charge in [0.25, 0.3) is 0 Å². The van der Waals surface area contributed by atoms with E-state index in [1.165, 1.54) is 0 Å². The Morgan fingerprint density at radius 2 is 1.95 bits per heavy atom.